The zero-order chi connectivity index (χ0) is 12.4. The Labute approximate surface area is 100.0 Å². The number of hydrogen-bond donors (Lipinski definition) is 1. The number of nitrogens with one attached hydrogen (secondary N) is 1. The fraction of sp³-hybridized carbons (Fsp3) is 0.538. The summed E-state index contributed by atoms with van der Waals surface area (Å²) in [4.78, 5) is 0. The molecule has 2 atom stereocenters. The van der Waals surface area contributed by atoms with Gasteiger partial charge in [-0.15, -0.1) is 0 Å². The Morgan fingerprint density at radius 3 is 2.76 bits per heavy atom. The van der Waals surface area contributed by atoms with Gasteiger partial charge in [-0.3, -0.25) is 0 Å². The van der Waals surface area contributed by atoms with Gasteiger partial charge in [0.2, 0.25) is 0 Å². The quantitative estimate of drug-likeness (QED) is 0.878. The summed E-state index contributed by atoms with van der Waals surface area (Å²) < 4.78 is 32.2. The standard InChI is InChI=1S/C13H17F2NO/c1-8(14)10-5-11(9-3-4-16-7-9)13(17-2)12(15)6-10/h5-6,8-9,16H,3-4,7H2,1-2H3. The summed E-state index contributed by atoms with van der Waals surface area (Å²) in [6, 6.07) is 2.94. The number of rotatable bonds is 3. The molecule has 0 saturated carbocycles. The molecule has 0 radical (unpaired) electrons. The lowest BCUT2D eigenvalue weighted by Gasteiger charge is -2.17. The highest BCUT2D eigenvalue weighted by Gasteiger charge is 2.24. The summed E-state index contributed by atoms with van der Waals surface area (Å²) in [5, 5.41) is 3.22. The smallest absolute Gasteiger partial charge is 0.165 e. The van der Waals surface area contributed by atoms with Gasteiger partial charge in [0.1, 0.15) is 6.17 Å². The van der Waals surface area contributed by atoms with Crippen LogP contribution < -0.4 is 10.1 Å². The Morgan fingerprint density at radius 2 is 2.24 bits per heavy atom. The summed E-state index contributed by atoms with van der Waals surface area (Å²) in [6.07, 6.45) is -0.233. The SMILES string of the molecule is COc1c(F)cc(C(C)F)cc1C1CCNC1. The third kappa shape index (κ3) is 2.41. The minimum Gasteiger partial charge on any atom is -0.493 e. The second-order valence-corrected chi connectivity index (χ2v) is 4.43. The molecule has 1 fully saturated rings. The average Bonchev–Trinajstić information content (AvgIpc) is 2.81. The van der Waals surface area contributed by atoms with Crippen LogP contribution in [0, 0.1) is 5.82 Å². The summed E-state index contributed by atoms with van der Waals surface area (Å²) >= 11 is 0. The van der Waals surface area contributed by atoms with Crippen molar-refractivity contribution < 1.29 is 13.5 Å². The van der Waals surface area contributed by atoms with Gasteiger partial charge in [-0.2, -0.15) is 0 Å². The zero-order valence-electron chi connectivity index (χ0n) is 10.1. The summed E-state index contributed by atoms with van der Waals surface area (Å²) in [7, 11) is 1.45. The van der Waals surface area contributed by atoms with Gasteiger partial charge in [-0.05, 0) is 37.6 Å². The number of hydrogen-bond acceptors (Lipinski definition) is 2. The third-order valence-corrected chi connectivity index (χ3v) is 3.26. The Hall–Kier alpha value is -1.16. The first-order valence-electron chi connectivity index (χ1n) is 5.85. The van der Waals surface area contributed by atoms with E-state index < -0.39 is 12.0 Å². The van der Waals surface area contributed by atoms with Crippen molar-refractivity contribution in [3.05, 3.63) is 29.1 Å². The summed E-state index contributed by atoms with van der Waals surface area (Å²) in [5.41, 5.74) is 1.15. The van der Waals surface area contributed by atoms with E-state index in [1.807, 2.05) is 0 Å². The van der Waals surface area contributed by atoms with Crippen LogP contribution in [0.4, 0.5) is 8.78 Å². The number of ether oxygens (including phenoxy) is 1. The molecular weight excluding hydrogens is 224 g/mol. The number of methoxy groups -OCH3 is 1. The summed E-state index contributed by atoms with van der Waals surface area (Å²) in [6.45, 7) is 3.11. The largest absolute Gasteiger partial charge is 0.493 e. The highest BCUT2D eigenvalue weighted by Crippen LogP contribution is 2.35. The van der Waals surface area contributed by atoms with Crippen LogP contribution in [0.25, 0.3) is 0 Å². The van der Waals surface area contributed by atoms with Crippen molar-refractivity contribution in [3.63, 3.8) is 0 Å². The van der Waals surface area contributed by atoms with Crippen LogP contribution in [0.1, 0.15) is 36.6 Å². The van der Waals surface area contributed by atoms with Crippen LogP contribution in [0.5, 0.6) is 5.75 Å². The predicted octanol–water partition coefficient (Wildman–Crippen LogP) is 2.94. The van der Waals surface area contributed by atoms with Gasteiger partial charge >= 0.3 is 0 Å². The van der Waals surface area contributed by atoms with Crippen molar-refractivity contribution in [2.45, 2.75) is 25.4 Å². The van der Waals surface area contributed by atoms with Gasteiger partial charge in [0.05, 0.1) is 7.11 Å². The van der Waals surface area contributed by atoms with Crippen molar-refractivity contribution in [2.24, 2.45) is 0 Å². The van der Waals surface area contributed by atoms with E-state index in [-0.39, 0.29) is 11.7 Å². The van der Waals surface area contributed by atoms with E-state index in [1.54, 1.807) is 6.07 Å². The molecule has 0 amide bonds. The van der Waals surface area contributed by atoms with Crippen LogP contribution in [0.3, 0.4) is 0 Å². The minimum absolute atomic E-state index is 0.207. The first-order chi connectivity index (χ1) is 8.13. The van der Waals surface area contributed by atoms with Gasteiger partial charge < -0.3 is 10.1 Å². The van der Waals surface area contributed by atoms with E-state index in [0.717, 1.165) is 25.1 Å². The maximum atomic E-state index is 13.8. The third-order valence-electron chi connectivity index (χ3n) is 3.26. The Morgan fingerprint density at radius 1 is 1.47 bits per heavy atom. The monoisotopic (exact) mass is 241 g/mol. The lowest BCUT2D eigenvalue weighted by molar-refractivity contribution is 0.361. The fourth-order valence-corrected chi connectivity index (χ4v) is 2.30. The van der Waals surface area contributed by atoms with Gasteiger partial charge in [-0.25, -0.2) is 8.78 Å². The zero-order valence-corrected chi connectivity index (χ0v) is 10.1. The van der Waals surface area contributed by atoms with Crippen LogP contribution in [0.15, 0.2) is 12.1 Å². The van der Waals surface area contributed by atoms with Crippen LogP contribution >= 0.6 is 0 Å². The fourth-order valence-electron chi connectivity index (χ4n) is 2.30. The molecule has 4 heteroatoms. The molecular formula is C13H17F2NO. The molecule has 1 aliphatic rings. The van der Waals surface area contributed by atoms with Gasteiger partial charge in [0.15, 0.2) is 11.6 Å². The maximum absolute atomic E-state index is 13.8. The molecule has 1 saturated heterocycles. The van der Waals surface area contributed by atoms with Gasteiger partial charge in [-0.1, -0.05) is 0 Å². The topological polar surface area (TPSA) is 21.3 Å². The maximum Gasteiger partial charge on any atom is 0.165 e. The van der Waals surface area contributed by atoms with Crippen molar-refractivity contribution in [1.29, 1.82) is 0 Å². The molecule has 0 spiro atoms. The van der Waals surface area contributed by atoms with E-state index in [4.69, 9.17) is 4.74 Å². The van der Waals surface area contributed by atoms with Crippen molar-refractivity contribution >= 4 is 0 Å². The Bertz CT molecular complexity index is 401. The van der Waals surface area contributed by atoms with Crippen LogP contribution in [-0.2, 0) is 0 Å². The van der Waals surface area contributed by atoms with Gasteiger partial charge in [0, 0.05) is 18.0 Å². The van der Waals surface area contributed by atoms with Crippen molar-refractivity contribution in [3.8, 4) is 5.75 Å². The van der Waals surface area contributed by atoms with Crippen LogP contribution in [0.2, 0.25) is 0 Å². The second-order valence-electron chi connectivity index (χ2n) is 4.43. The molecule has 2 nitrogen and oxygen atoms in total. The normalized spacial score (nSPS) is 21.5. The van der Waals surface area contributed by atoms with Gasteiger partial charge in [0.25, 0.3) is 0 Å². The molecule has 94 valence electrons. The first kappa shape index (κ1) is 12.3. The first-order valence-corrected chi connectivity index (χ1v) is 5.85. The minimum atomic E-state index is -1.16. The predicted molar refractivity (Wildman–Crippen MR) is 62.7 cm³/mol. The number of halogens is 2. The van der Waals surface area contributed by atoms with E-state index in [0.29, 0.717) is 5.56 Å². The average molecular weight is 241 g/mol. The van der Waals surface area contributed by atoms with E-state index in [2.05, 4.69) is 5.32 Å². The molecule has 0 bridgehead atoms. The van der Waals surface area contributed by atoms with Crippen molar-refractivity contribution in [1.82, 2.24) is 5.32 Å². The number of benzene rings is 1. The lowest BCUT2D eigenvalue weighted by atomic mass is 9.94. The number of alkyl halides is 1. The molecule has 1 N–H and O–H groups in total. The molecule has 2 unspecified atom stereocenters. The molecule has 1 aromatic rings. The lowest BCUT2D eigenvalue weighted by Crippen LogP contribution is -2.10. The highest BCUT2D eigenvalue weighted by molar-refractivity contribution is 5.42. The van der Waals surface area contributed by atoms with E-state index >= 15 is 0 Å². The highest BCUT2D eigenvalue weighted by atomic mass is 19.1. The molecule has 0 aromatic heterocycles. The molecule has 2 rings (SSSR count). The Balaban J connectivity index is 2.45. The molecule has 1 aromatic carbocycles. The Kier molecular flexibility index (Phi) is 3.62. The molecule has 1 aliphatic heterocycles. The van der Waals surface area contributed by atoms with E-state index in [9.17, 15) is 8.78 Å². The second kappa shape index (κ2) is 5.00. The van der Waals surface area contributed by atoms with Crippen LogP contribution in [-0.4, -0.2) is 20.2 Å². The molecule has 1 heterocycles. The summed E-state index contributed by atoms with van der Waals surface area (Å²) in [5.74, 6) is -0.0161. The molecule has 0 aliphatic carbocycles. The van der Waals surface area contributed by atoms with E-state index in [1.165, 1.54) is 20.1 Å². The van der Waals surface area contributed by atoms with Crippen molar-refractivity contribution in [2.75, 3.05) is 20.2 Å². The molecule has 17 heavy (non-hydrogen) atoms.